The van der Waals surface area contributed by atoms with Crippen LogP contribution < -0.4 is 5.73 Å². The van der Waals surface area contributed by atoms with Crippen LogP contribution in [0.1, 0.15) is 18.1 Å². The van der Waals surface area contributed by atoms with Gasteiger partial charge in [-0.2, -0.15) is 0 Å². The van der Waals surface area contributed by atoms with Crippen molar-refractivity contribution in [2.24, 2.45) is 0 Å². The molecule has 0 radical (unpaired) electrons. The minimum absolute atomic E-state index is 0.449. The summed E-state index contributed by atoms with van der Waals surface area (Å²) in [7, 11) is 0. The maximum absolute atomic E-state index is 8.55. The molecule has 0 atom stereocenters. The molecule has 0 saturated carbocycles. The second kappa shape index (κ2) is 3.22. The summed E-state index contributed by atoms with van der Waals surface area (Å²) in [5.74, 6) is 0. The molecule has 0 amide bonds. The minimum Gasteiger partial charge on any atom is -0.392 e. The zero-order valence-electron chi connectivity index (χ0n) is 7.33. The van der Waals surface area contributed by atoms with Crippen LogP contribution in [0.4, 0.5) is 11.4 Å². The molecule has 0 aromatic heterocycles. The monoisotopic (exact) mass is 162 g/mol. The van der Waals surface area contributed by atoms with Gasteiger partial charge in [0.1, 0.15) is 5.69 Å². The van der Waals surface area contributed by atoms with Crippen LogP contribution in [0.2, 0.25) is 0 Å². The number of nitrogen functional groups attached to an aromatic ring is 1. The Morgan fingerprint density at radius 1 is 1.50 bits per heavy atom. The zero-order valence-corrected chi connectivity index (χ0v) is 7.33. The fourth-order valence-electron chi connectivity index (χ4n) is 1.23. The van der Waals surface area contributed by atoms with Gasteiger partial charge in [-0.3, -0.25) is 0 Å². The highest BCUT2D eigenvalue weighted by Crippen LogP contribution is 2.27. The highest BCUT2D eigenvalue weighted by atomic mass is 14.9. The number of hydrogen-bond acceptors (Lipinski definition) is 2. The lowest BCUT2D eigenvalue weighted by molar-refractivity contribution is 1.11. The van der Waals surface area contributed by atoms with Gasteiger partial charge in [-0.25, -0.2) is 0 Å². The third kappa shape index (κ3) is 1.24. The van der Waals surface area contributed by atoms with Crippen LogP contribution in [0, 0.1) is 12.3 Å². The van der Waals surface area contributed by atoms with Crippen molar-refractivity contribution in [2.75, 3.05) is 5.73 Å². The summed E-state index contributed by atoms with van der Waals surface area (Å²) < 4.78 is 0. The van der Waals surface area contributed by atoms with Gasteiger partial charge in [0.2, 0.25) is 5.39 Å². The van der Waals surface area contributed by atoms with Gasteiger partial charge in [0.25, 0.3) is 0 Å². The third-order valence-corrected chi connectivity index (χ3v) is 2.09. The summed E-state index contributed by atoms with van der Waals surface area (Å²) in [4.78, 5) is 3.08. The molecule has 0 bridgehead atoms. The van der Waals surface area contributed by atoms with Crippen LogP contribution in [0.3, 0.4) is 0 Å². The number of aryl methyl sites for hydroxylation is 1. The fourth-order valence-corrected chi connectivity index (χ4v) is 1.23. The molecule has 3 heteroatoms. The second-order valence-corrected chi connectivity index (χ2v) is 2.74. The molecule has 1 aromatic rings. The van der Waals surface area contributed by atoms with Crippen molar-refractivity contribution in [1.29, 1.82) is 5.39 Å². The van der Waals surface area contributed by atoms with Gasteiger partial charge in [-0.05, 0) is 24.5 Å². The fraction of sp³-hybridized carbons (Fsp3) is 0.333. The number of anilines is 1. The average Bonchev–Trinajstić information content (AvgIpc) is 2.10. The number of rotatable bonds is 1. The molecule has 12 heavy (non-hydrogen) atoms. The first-order valence-electron chi connectivity index (χ1n) is 3.93. The van der Waals surface area contributed by atoms with Crippen LogP contribution in [0.5, 0.6) is 0 Å². The van der Waals surface area contributed by atoms with Crippen molar-refractivity contribution in [3.8, 4) is 0 Å². The summed E-state index contributed by atoms with van der Waals surface area (Å²) in [5, 5.41) is 8.55. The number of nitrogens with zero attached hydrogens (tertiary/aromatic N) is 2. The maximum Gasteiger partial charge on any atom is 0.407 e. The molecule has 2 N–H and O–H groups in total. The molecule has 0 aliphatic heterocycles. The molecule has 0 saturated heterocycles. The molecule has 1 aromatic carbocycles. The summed E-state index contributed by atoms with van der Waals surface area (Å²) >= 11 is 0. The third-order valence-electron chi connectivity index (χ3n) is 2.09. The highest BCUT2D eigenvalue weighted by molar-refractivity contribution is 5.71. The lowest BCUT2D eigenvalue weighted by Gasteiger charge is -2.02. The van der Waals surface area contributed by atoms with E-state index in [2.05, 4.69) is 11.9 Å². The first-order chi connectivity index (χ1) is 5.70. The molecule has 3 nitrogen and oxygen atoms in total. The van der Waals surface area contributed by atoms with Crippen molar-refractivity contribution in [2.45, 2.75) is 20.3 Å². The van der Waals surface area contributed by atoms with Crippen molar-refractivity contribution < 1.29 is 0 Å². The number of diazo groups is 1. The van der Waals surface area contributed by atoms with E-state index < -0.39 is 0 Å². The Balaban J connectivity index is 3.32. The predicted octanol–water partition coefficient (Wildman–Crippen LogP) is 2.62. The molecule has 0 fully saturated rings. The van der Waals surface area contributed by atoms with E-state index in [-0.39, 0.29) is 0 Å². The second-order valence-electron chi connectivity index (χ2n) is 2.74. The number of hydrogen-bond donors (Lipinski definition) is 1. The molecule has 0 aliphatic rings. The van der Waals surface area contributed by atoms with E-state index in [0.717, 1.165) is 12.0 Å². The molecule has 0 heterocycles. The van der Waals surface area contributed by atoms with Crippen LogP contribution in [0.15, 0.2) is 12.1 Å². The lowest BCUT2D eigenvalue weighted by Crippen LogP contribution is -1.94. The normalized spacial score (nSPS) is 9.42. The van der Waals surface area contributed by atoms with Crippen LogP contribution in [-0.4, -0.2) is 0 Å². The van der Waals surface area contributed by atoms with Crippen LogP contribution in [0.25, 0.3) is 4.98 Å². The first-order valence-corrected chi connectivity index (χ1v) is 3.93. The molecule has 0 spiro atoms. The molecular weight excluding hydrogens is 150 g/mol. The van der Waals surface area contributed by atoms with Gasteiger partial charge in [-0.1, -0.05) is 13.0 Å². The molecule has 1 rings (SSSR count). The zero-order chi connectivity index (χ0) is 9.14. The van der Waals surface area contributed by atoms with Gasteiger partial charge < -0.3 is 5.73 Å². The SMILES string of the molecule is CCc1ccc([N+]#N)c(N)c1C. The Kier molecular flexibility index (Phi) is 2.29. The Morgan fingerprint density at radius 3 is 2.67 bits per heavy atom. The molecule has 62 valence electrons. The van der Waals surface area contributed by atoms with Gasteiger partial charge in [-0.15, -0.1) is 0 Å². The van der Waals surface area contributed by atoms with E-state index in [9.17, 15) is 0 Å². The average molecular weight is 162 g/mol. The van der Waals surface area contributed by atoms with Gasteiger partial charge in [0.05, 0.1) is 0 Å². The van der Waals surface area contributed by atoms with E-state index in [0.29, 0.717) is 11.4 Å². The van der Waals surface area contributed by atoms with Gasteiger partial charge in [0.15, 0.2) is 4.98 Å². The Bertz CT molecular complexity index is 336. The molecule has 0 aliphatic carbocycles. The first kappa shape index (κ1) is 8.54. The van der Waals surface area contributed by atoms with Crippen molar-refractivity contribution >= 4 is 11.4 Å². The topological polar surface area (TPSA) is 54.2 Å². The Labute approximate surface area is 71.8 Å². The van der Waals surface area contributed by atoms with E-state index in [1.165, 1.54) is 5.56 Å². The van der Waals surface area contributed by atoms with E-state index in [1.54, 1.807) is 6.07 Å². The predicted molar refractivity (Wildman–Crippen MR) is 49.7 cm³/mol. The van der Waals surface area contributed by atoms with Crippen LogP contribution >= 0.6 is 0 Å². The largest absolute Gasteiger partial charge is 0.407 e. The van der Waals surface area contributed by atoms with Crippen molar-refractivity contribution in [3.63, 3.8) is 0 Å². The highest BCUT2D eigenvalue weighted by Gasteiger charge is 2.14. The van der Waals surface area contributed by atoms with Crippen molar-refractivity contribution in [3.05, 3.63) is 28.2 Å². The quantitative estimate of drug-likeness (QED) is 0.509. The van der Waals surface area contributed by atoms with E-state index in [4.69, 9.17) is 11.1 Å². The Hall–Kier alpha value is -1.56. The van der Waals surface area contributed by atoms with Crippen molar-refractivity contribution in [1.82, 2.24) is 0 Å². The minimum atomic E-state index is 0.449. The smallest absolute Gasteiger partial charge is 0.392 e. The standard InChI is InChI=1S/C9H12N3/c1-3-7-4-5-8(12-11)9(10)6(7)2/h4-5H,3,10H2,1-2H3/q+1. The summed E-state index contributed by atoms with van der Waals surface area (Å²) in [6.45, 7) is 4.00. The maximum atomic E-state index is 8.55. The Morgan fingerprint density at radius 2 is 2.17 bits per heavy atom. The molecule has 0 unspecified atom stereocenters. The summed E-state index contributed by atoms with van der Waals surface area (Å²) in [6, 6.07) is 3.65. The van der Waals surface area contributed by atoms with Gasteiger partial charge in [0, 0.05) is 6.07 Å². The molecular formula is C9H12N3+. The van der Waals surface area contributed by atoms with E-state index in [1.807, 2.05) is 13.0 Å². The summed E-state index contributed by atoms with van der Waals surface area (Å²) in [5.41, 5.74) is 8.93. The van der Waals surface area contributed by atoms with Crippen LogP contribution in [-0.2, 0) is 6.42 Å². The number of nitrogens with two attached hydrogens (primary N) is 1. The lowest BCUT2D eigenvalue weighted by atomic mass is 10.0. The summed E-state index contributed by atoms with van der Waals surface area (Å²) in [6.07, 6.45) is 0.946. The number of benzene rings is 1. The van der Waals surface area contributed by atoms with E-state index >= 15 is 0 Å². The van der Waals surface area contributed by atoms with Gasteiger partial charge >= 0.3 is 5.69 Å².